The van der Waals surface area contributed by atoms with E-state index in [-0.39, 0.29) is 23.3 Å². The molecule has 1 unspecified atom stereocenters. The van der Waals surface area contributed by atoms with E-state index >= 15 is 0 Å². The summed E-state index contributed by atoms with van der Waals surface area (Å²) in [6.07, 6.45) is 0. The Balaban J connectivity index is 2.33. The van der Waals surface area contributed by atoms with Crippen LogP contribution in [-0.4, -0.2) is 25.2 Å². The quantitative estimate of drug-likeness (QED) is 0.728. The summed E-state index contributed by atoms with van der Waals surface area (Å²) in [6.45, 7) is 3.89. The van der Waals surface area contributed by atoms with E-state index in [1.54, 1.807) is 19.1 Å². The van der Waals surface area contributed by atoms with Crippen molar-refractivity contribution in [3.05, 3.63) is 29.8 Å². The van der Waals surface area contributed by atoms with Crippen molar-refractivity contribution in [1.82, 2.24) is 4.31 Å². The maximum absolute atomic E-state index is 12.0. The number of aryl methyl sites for hydroxylation is 1. The van der Waals surface area contributed by atoms with Crippen molar-refractivity contribution in [3.8, 4) is 0 Å². The van der Waals surface area contributed by atoms with Gasteiger partial charge in [0.25, 0.3) is 10.0 Å². The lowest BCUT2D eigenvalue weighted by Crippen LogP contribution is -2.53. The minimum absolute atomic E-state index is 0.179. The monoisotopic (exact) mass is 239 g/mol. The van der Waals surface area contributed by atoms with Crippen LogP contribution in [0.1, 0.15) is 12.5 Å². The summed E-state index contributed by atoms with van der Waals surface area (Å²) in [6, 6.07) is 6.50. The van der Waals surface area contributed by atoms with Gasteiger partial charge in [0.2, 0.25) is 5.91 Å². The number of carbonyl (C=O) groups is 1. The summed E-state index contributed by atoms with van der Waals surface area (Å²) in [5.74, 6) is -0.499. The van der Waals surface area contributed by atoms with Gasteiger partial charge < -0.3 is 0 Å². The molecule has 0 bridgehead atoms. The van der Waals surface area contributed by atoms with Gasteiger partial charge in [-0.1, -0.05) is 24.6 Å². The third kappa shape index (κ3) is 1.61. The SMILES string of the molecule is Cc1ccc(S(=O)(=O)N2CC(C)C2=O)cc1. The molecule has 1 aliphatic heterocycles. The first-order valence-corrected chi connectivity index (χ1v) is 6.50. The Labute approximate surface area is 94.9 Å². The van der Waals surface area contributed by atoms with E-state index in [9.17, 15) is 13.2 Å². The normalized spacial score (nSPS) is 20.8. The van der Waals surface area contributed by atoms with Gasteiger partial charge >= 0.3 is 0 Å². The van der Waals surface area contributed by atoms with Crippen molar-refractivity contribution in [3.63, 3.8) is 0 Å². The van der Waals surface area contributed by atoms with E-state index in [0.29, 0.717) is 0 Å². The van der Waals surface area contributed by atoms with Crippen molar-refractivity contribution in [2.24, 2.45) is 5.92 Å². The third-order valence-electron chi connectivity index (χ3n) is 2.72. The second-order valence-electron chi connectivity index (χ2n) is 4.09. The predicted molar refractivity (Wildman–Crippen MR) is 59.2 cm³/mol. The maximum Gasteiger partial charge on any atom is 0.266 e. The molecule has 0 N–H and O–H groups in total. The van der Waals surface area contributed by atoms with Crippen LogP contribution < -0.4 is 0 Å². The van der Waals surface area contributed by atoms with Crippen LogP contribution in [-0.2, 0) is 14.8 Å². The molecule has 2 rings (SSSR count). The van der Waals surface area contributed by atoms with E-state index in [2.05, 4.69) is 0 Å². The van der Waals surface area contributed by atoms with E-state index in [4.69, 9.17) is 0 Å². The highest BCUT2D eigenvalue weighted by molar-refractivity contribution is 7.89. The molecule has 1 amide bonds. The Hall–Kier alpha value is -1.36. The average Bonchev–Trinajstić information content (AvgIpc) is 2.25. The van der Waals surface area contributed by atoms with Crippen LogP contribution in [0.2, 0.25) is 0 Å². The molecule has 0 aromatic heterocycles. The van der Waals surface area contributed by atoms with Gasteiger partial charge in [0.05, 0.1) is 10.8 Å². The molecule has 0 saturated carbocycles. The number of β-lactam (4-membered cyclic amide) rings is 1. The number of nitrogens with zero attached hydrogens (tertiary/aromatic N) is 1. The van der Waals surface area contributed by atoms with E-state index < -0.39 is 10.0 Å². The fourth-order valence-electron chi connectivity index (χ4n) is 1.60. The molecule has 1 atom stereocenters. The third-order valence-corrected chi connectivity index (χ3v) is 4.49. The molecule has 5 heteroatoms. The fourth-order valence-corrected chi connectivity index (χ4v) is 3.18. The van der Waals surface area contributed by atoms with Gasteiger partial charge in [-0.05, 0) is 19.1 Å². The van der Waals surface area contributed by atoms with Crippen LogP contribution in [0.4, 0.5) is 0 Å². The standard InChI is InChI=1S/C11H13NO3S/c1-8-3-5-10(6-4-8)16(14,15)12-7-9(2)11(12)13/h3-6,9H,7H2,1-2H3. The lowest BCUT2D eigenvalue weighted by atomic mass is 10.1. The van der Waals surface area contributed by atoms with Crippen LogP contribution in [0.3, 0.4) is 0 Å². The molecular weight excluding hydrogens is 226 g/mol. The largest absolute Gasteiger partial charge is 0.273 e. The predicted octanol–water partition coefficient (Wildman–Crippen LogP) is 1.16. The molecule has 0 aliphatic carbocycles. The van der Waals surface area contributed by atoms with Gasteiger partial charge in [-0.25, -0.2) is 12.7 Å². The molecule has 4 nitrogen and oxygen atoms in total. The molecular formula is C11H13NO3S. The fraction of sp³-hybridized carbons (Fsp3) is 0.364. The Morgan fingerprint density at radius 2 is 1.81 bits per heavy atom. The van der Waals surface area contributed by atoms with Crippen LogP contribution in [0.15, 0.2) is 29.2 Å². The number of benzene rings is 1. The van der Waals surface area contributed by atoms with Gasteiger partial charge in [0, 0.05) is 6.54 Å². The highest BCUT2D eigenvalue weighted by atomic mass is 32.2. The first-order chi connectivity index (χ1) is 7.43. The zero-order valence-corrected chi connectivity index (χ0v) is 9.99. The number of amides is 1. The number of carbonyl (C=O) groups excluding carboxylic acids is 1. The lowest BCUT2D eigenvalue weighted by Gasteiger charge is -2.35. The number of rotatable bonds is 2. The summed E-state index contributed by atoms with van der Waals surface area (Å²) < 4.78 is 24.9. The van der Waals surface area contributed by atoms with Crippen LogP contribution in [0.5, 0.6) is 0 Å². The smallest absolute Gasteiger partial charge is 0.266 e. The van der Waals surface area contributed by atoms with Gasteiger partial charge in [-0.3, -0.25) is 4.79 Å². The van der Waals surface area contributed by atoms with Crippen molar-refractivity contribution >= 4 is 15.9 Å². The maximum atomic E-state index is 12.0. The second-order valence-corrected chi connectivity index (χ2v) is 5.95. The van der Waals surface area contributed by atoms with Crippen LogP contribution in [0, 0.1) is 12.8 Å². The van der Waals surface area contributed by atoms with Crippen molar-refractivity contribution < 1.29 is 13.2 Å². The van der Waals surface area contributed by atoms with Crippen molar-refractivity contribution in [2.75, 3.05) is 6.54 Å². The lowest BCUT2D eigenvalue weighted by molar-refractivity contribution is -0.139. The second kappa shape index (κ2) is 3.59. The Bertz CT molecular complexity index is 519. The molecule has 0 spiro atoms. The summed E-state index contributed by atoms with van der Waals surface area (Å²) in [5.41, 5.74) is 0.988. The van der Waals surface area contributed by atoms with Crippen molar-refractivity contribution in [1.29, 1.82) is 0 Å². The average molecular weight is 239 g/mol. The molecule has 1 aliphatic rings. The number of hydrogen-bond donors (Lipinski definition) is 0. The molecule has 1 aromatic rings. The van der Waals surface area contributed by atoms with E-state index in [1.165, 1.54) is 12.1 Å². The first-order valence-electron chi connectivity index (χ1n) is 5.06. The molecule has 1 fully saturated rings. The summed E-state index contributed by atoms with van der Waals surface area (Å²) in [4.78, 5) is 11.6. The Morgan fingerprint density at radius 3 is 2.25 bits per heavy atom. The van der Waals surface area contributed by atoms with E-state index in [1.807, 2.05) is 6.92 Å². The Morgan fingerprint density at radius 1 is 1.25 bits per heavy atom. The highest BCUT2D eigenvalue weighted by Gasteiger charge is 2.41. The highest BCUT2D eigenvalue weighted by Crippen LogP contribution is 2.26. The topological polar surface area (TPSA) is 54.5 Å². The molecule has 1 aromatic carbocycles. The van der Waals surface area contributed by atoms with E-state index in [0.717, 1.165) is 9.87 Å². The van der Waals surface area contributed by atoms with Gasteiger partial charge in [0.1, 0.15) is 0 Å². The van der Waals surface area contributed by atoms with Crippen molar-refractivity contribution in [2.45, 2.75) is 18.7 Å². The number of hydrogen-bond acceptors (Lipinski definition) is 3. The molecule has 16 heavy (non-hydrogen) atoms. The molecule has 1 heterocycles. The van der Waals surface area contributed by atoms with Gasteiger partial charge in [-0.15, -0.1) is 0 Å². The summed E-state index contributed by atoms with van der Waals surface area (Å²) in [7, 11) is -3.62. The molecule has 0 radical (unpaired) electrons. The van der Waals surface area contributed by atoms with Gasteiger partial charge in [0.15, 0.2) is 0 Å². The zero-order chi connectivity index (χ0) is 11.9. The molecule has 1 saturated heterocycles. The number of sulfonamides is 1. The Kier molecular flexibility index (Phi) is 2.50. The minimum Gasteiger partial charge on any atom is -0.273 e. The summed E-state index contributed by atoms with van der Waals surface area (Å²) in [5, 5.41) is 0. The first kappa shape index (κ1) is 11.1. The minimum atomic E-state index is -3.62. The molecule has 86 valence electrons. The van der Waals surface area contributed by atoms with Crippen LogP contribution >= 0.6 is 0 Å². The van der Waals surface area contributed by atoms with Gasteiger partial charge in [-0.2, -0.15) is 0 Å². The van der Waals surface area contributed by atoms with Crippen LogP contribution in [0.25, 0.3) is 0 Å². The zero-order valence-electron chi connectivity index (χ0n) is 9.17. The summed E-state index contributed by atoms with van der Waals surface area (Å²) >= 11 is 0.